The van der Waals surface area contributed by atoms with Crippen LogP contribution in [0.3, 0.4) is 0 Å². The Morgan fingerprint density at radius 1 is 1.24 bits per heavy atom. The average molecular weight is 348 g/mol. The second-order valence-corrected chi connectivity index (χ2v) is 7.59. The van der Waals surface area contributed by atoms with Gasteiger partial charge >= 0.3 is 0 Å². The maximum Gasteiger partial charge on any atom is 0.242 e. The van der Waals surface area contributed by atoms with Gasteiger partial charge in [0.25, 0.3) is 0 Å². The lowest BCUT2D eigenvalue weighted by Crippen LogP contribution is -2.50. The molecule has 25 heavy (non-hydrogen) atoms. The van der Waals surface area contributed by atoms with Gasteiger partial charge in [-0.1, -0.05) is 6.92 Å². The molecule has 2 atom stereocenters. The summed E-state index contributed by atoms with van der Waals surface area (Å²) in [5.74, 6) is 0.878. The van der Waals surface area contributed by atoms with Crippen LogP contribution in [0.2, 0.25) is 0 Å². The van der Waals surface area contributed by atoms with Crippen LogP contribution in [0.15, 0.2) is 12.3 Å². The van der Waals surface area contributed by atoms with Crippen molar-refractivity contribution in [3.8, 4) is 0 Å². The molecule has 0 aromatic carbocycles. The largest absolute Gasteiger partial charge is 0.310 e. The molecule has 1 aromatic rings. The Bertz CT molecular complexity index is 558. The molecule has 0 unspecified atom stereocenters. The molecule has 2 aliphatic rings. The number of hydrogen-bond donors (Lipinski definition) is 1. The third-order valence-electron chi connectivity index (χ3n) is 6.01. The van der Waals surface area contributed by atoms with Crippen LogP contribution >= 0.6 is 0 Å². The smallest absolute Gasteiger partial charge is 0.242 e. The van der Waals surface area contributed by atoms with Crippen molar-refractivity contribution < 1.29 is 4.79 Å². The summed E-state index contributed by atoms with van der Waals surface area (Å²) in [5.41, 5.74) is 0. The Balaban J connectivity index is 1.52. The second kappa shape index (κ2) is 8.32. The molecule has 0 radical (unpaired) electrons. The molecule has 3 rings (SSSR count). The number of likely N-dealkylation sites (tertiary alicyclic amines) is 2. The summed E-state index contributed by atoms with van der Waals surface area (Å²) >= 11 is 0. The SMILES string of the molecule is CC[C@@H](C)n1nccc1NC(=O)[C@@H](C)N1CCC(N2CCCC2)CC1. The molecule has 2 fully saturated rings. The highest BCUT2D eigenvalue weighted by Crippen LogP contribution is 2.23. The minimum Gasteiger partial charge on any atom is -0.310 e. The molecule has 1 N–H and O–H groups in total. The van der Waals surface area contributed by atoms with E-state index in [0.29, 0.717) is 0 Å². The van der Waals surface area contributed by atoms with Crippen molar-refractivity contribution in [2.45, 2.75) is 71.0 Å². The van der Waals surface area contributed by atoms with E-state index in [1.807, 2.05) is 17.7 Å². The molecule has 6 nitrogen and oxygen atoms in total. The Hall–Kier alpha value is -1.40. The molecule has 3 heterocycles. The van der Waals surface area contributed by atoms with Gasteiger partial charge in [-0.05, 0) is 59.0 Å². The molecule has 0 aliphatic carbocycles. The van der Waals surface area contributed by atoms with Crippen molar-refractivity contribution >= 4 is 11.7 Å². The number of aromatic nitrogens is 2. The van der Waals surface area contributed by atoms with E-state index in [0.717, 1.165) is 31.4 Å². The molecule has 140 valence electrons. The standard InChI is InChI=1S/C19H33N5O/c1-4-15(2)24-18(7-10-20-24)21-19(25)16(3)22-13-8-17(9-14-22)23-11-5-6-12-23/h7,10,15-17H,4-6,8-9,11-14H2,1-3H3,(H,21,25)/t15-,16-/m1/s1. The fourth-order valence-electron chi connectivity index (χ4n) is 4.08. The van der Waals surface area contributed by atoms with Crippen LogP contribution in [0.1, 0.15) is 58.9 Å². The van der Waals surface area contributed by atoms with E-state index >= 15 is 0 Å². The maximum atomic E-state index is 12.7. The number of carbonyl (C=O) groups is 1. The van der Waals surface area contributed by atoms with E-state index < -0.39 is 0 Å². The summed E-state index contributed by atoms with van der Waals surface area (Å²) in [5, 5.41) is 7.43. The third kappa shape index (κ3) is 4.23. The lowest BCUT2D eigenvalue weighted by molar-refractivity contribution is -0.121. The number of nitrogens with zero attached hydrogens (tertiary/aromatic N) is 4. The van der Waals surface area contributed by atoms with E-state index in [-0.39, 0.29) is 18.0 Å². The van der Waals surface area contributed by atoms with Crippen LogP contribution in [0.25, 0.3) is 0 Å². The Morgan fingerprint density at radius 3 is 2.56 bits per heavy atom. The van der Waals surface area contributed by atoms with Gasteiger partial charge in [-0.25, -0.2) is 4.68 Å². The molecule has 2 saturated heterocycles. The first-order valence-corrected chi connectivity index (χ1v) is 9.92. The van der Waals surface area contributed by atoms with Crippen LogP contribution in [-0.4, -0.2) is 63.8 Å². The zero-order chi connectivity index (χ0) is 17.8. The van der Waals surface area contributed by atoms with Gasteiger partial charge in [-0.15, -0.1) is 0 Å². The zero-order valence-corrected chi connectivity index (χ0v) is 15.9. The molecule has 0 spiro atoms. The highest BCUT2D eigenvalue weighted by atomic mass is 16.2. The van der Waals surface area contributed by atoms with Crippen LogP contribution in [-0.2, 0) is 4.79 Å². The highest BCUT2D eigenvalue weighted by molar-refractivity contribution is 5.93. The second-order valence-electron chi connectivity index (χ2n) is 7.59. The van der Waals surface area contributed by atoms with E-state index in [9.17, 15) is 4.79 Å². The first kappa shape index (κ1) is 18.4. The monoisotopic (exact) mass is 347 g/mol. The molecule has 1 amide bonds. The normalized spacial score (nSPS) is 22.8. The van der Waals surface area contributed by atoms with Crippen molar-refractivity contribution in [3.63, 3.8) is 0 Å². The summed E-state index contributed by atoms with van der Waals surface area (Å²) in [4.78, 5) is 17.7. The predicted octanol–water partition coefficient (Wildman–Crippen LogP) is 2.74. The van der Waals surface area contributed by atoms with Crippen molar-refractivity contribution in [3.05, 3.63) is 12.3 Å². The molecule has 0 bridgehead atoms. The number of piperidine rings is 1. The Morgan fingerprint density at radius 2 is 1.92 bits per heavy atom. The number of hydrogen-bond acceptors (Lipinski definition) is 4. The molecule has 2 aliphatic heterocycles. The van der Waals surface area contributed by atoms with Crippen LogP contribution in [0, 0.1) is 0 Å². The number of rotatable bonds is 6. The molecule has 0 saturated carbocycles. The molecular formula is C19H33N5O. The number of nitrogens with one attached hydrogen (secondary N) is 1. The van der Waals surface area contributed by atoms with Crippen LogP contribution < -0.4 is 5.32 Å². The topological polar surface area (TPSA) is 53.4 Å². The lowest BCUT2D eigenvalue weighted by atomic mass is 10.0. The first-order chi connectivity index (χ1) is 12.1. The average Bonchev–Trinajstić information content (AvgIpc) is 3.32. The Labute approximate surface area is 151 Å². The quantitative estimate of drug-likeness (QED) is 0.860. The predicted molar refractivity (Wildman–Crippen MR) is 101 cm³/mol. The van der Waals surface area contributed by atoms with Crippen molar-refractivity contribution in [2.24, 2.45) is 0 Å². The van der Waals surface area contributed by atoms with Crippen LogP contribution in [0.5, 0.6) is 0 Å². The summed E-state index contributed by atoms with van der Waals surface area (Å²) in [7, 11) is 0. The molecule has 1 aromatic heterocycles. The minimum absolute atomic E-state index is 0.0738. The molecular weight excluding hydrogens is 314 g/mol. The van der Waals surface area contributed by atoms with E-state index in [2.05, 4.69) is 34.1 Å². The fraction of sp³-hybridized carbons (Fsp3) is 0.789. The van der Waals surface area contributed by atoms with Gasteiger partial charge < -0.3 is 10.2 Å². The highest BCUT2D eigenvalue weighted by Gasteiger charge is 2.30. The van der Waals surface area contributed by atoms with Crippen LogP contribution in [0.4, 0.5) is 5.82 Å². The van der Waals surface area contributed by atoms with E-state index in [1.165, 1.54) is 38.8 Å². The van der Waals surface area contributed by atoms with Gasteiger partial charge in [-0.3, -0.25) is 9.69 Å². The maximum absolute atomic E-state index is 12.7. The van der Waals surface area contributed by atoms with Gasteiger partial charge in [0.15, 0.2) is 0 Å². The van der Waals surface area contributed by atoms with Crippen molar-refractivity contribution in [1.29, 1.82) is 0 Å². The first-order valence-electron chi connectivity index (χ1n) is 9.92. The van der Waals surface area contributed by atoms with Gasteiger partial charge in [-0.2, -0.15) is 5.10 Å². The minimum atomic E-state index is -0.0974. The molecule has 6 heteroatoms. The van der Waals surface area contributed by atoms with Crippen molar-refractivity contribution in [1.82, 2.24) is 19.6 Å². The van der Waals surface area contributed by atoms with E-state index in [4.69, 9.17) is 0 Å². The summed E-state index contributed by atoms with van der Waals surface area (Å²) in [6.45, 7) is 10.8. The summed E-state index contributed by atoms with van der Waals surface area (Å²) in [6.07, 6.45) is 7.81. The summed E-state index contributed by atoms with van der Waals surface area (Å²) in [6, 6.07) is 2.80. The zero-order valence-electron chi connectivity index (χ0n) is 15.9. The van der Waals surface area contributed by atoms with Gasteiger partial charge in [0.1, 0.15) is 5.82 Å². The number of amides is 1. The van der Waals surface area contributed by atoms with Gasteiger partial charge in [0, 0.05) is 25.2 Å². The number of carbonyl (C=O) groups excluding carboxylic acids is 1. The Kier molecular flexibility index (Phi) is 6.12. The van der Waals surface area contributed by atoms with E-state index in [1.54, 1.807) is 6.20 Å². The third-order valence-corrected chi connectivity index (χ3v) is 6.01. The van der Waals surface area contributed by atoms with Gasteiger partial charge in [0.05, 0.1) is 18.3 Å². The fourth-order valence-corrected chi connectivity index (χ4v) is 4.08. The number of anilines is 1. The van der Waals surface area contributed by atoms with Crippen molar-refractivity contribution in [2.75, 3.05) is 31.5 Å². The van der Waals surface area contributed by atoms with Gasteiger partial charge in [0.2, 0.25) is 5.91 Å². The summed E-state index contributed by atoms with van der Waals surface area (Å²) < 4.78 is 1.91. The lowest BCUT2D eigenvalue weighted by Gasteiger charge is -2.38.